The van der Waals surface area contributed by atoms with Gasteiger partial charge in [0, 0.05) is 51.2 Å². The maximum Gasteiger partial charge on any atom is 0.0720 e. The fourth-order valence-corrected chi connectivity index (χ4v) is 13.5. The molecular weight excluding hydrogens is 931 g/mol. The van der Waals surface area contributed by atoms with Crippen LogP contribution < -0.4 is 14.7 Å². The highest BCUT2D eigenvalue weighted by Gasteiger charge is 2.59. The number of hydrogen-bond donors (Lipinski definition) is 0. The smallest absolute Gasteiger partial charge is 0.0720 e. The highest BCUT2D eigenvalue weighted by Crippen LogP contribution is 2.68. The summed E-state index contributed by atoms with van der Waals surface area (Å²) in [6, 6.07) is 114. The first-order valence-electron chi connectivity index (χ1n) is 26.7. The summed E-state index contributed by atoms with van der Waals surface area (Å²) in [4.78, 5) is 7.12. The number of benzene rings is 12. The van der Waals surface area contributed by atoms with Crippen molar-refractivity contribution in [3.05, 3.63) is 354 Å². The van der Waals surface area contributed by atoms with Gasteiger partial charge in [-0.25, -0.2) is 0 Å². The summed E-state index contributed by atoms with van der Waals surface area (Å²) in [5.41, 5.74) is 24.1. The van der Waals surface area contributed by atoms with Crippen molar-refractivity contribution < 1.29 is 0 Å². The van der Waals surface area contributed by atoms with E-state index in [4.69, 9.17) is 0 Å². The van der Waals surface area contributed by atoms with E-state index >= 15 is 0 Å². The first kappa shape index (κ1) is 44.5. The molecule has 0 unspecified atom stereocenters. The minimum Gasteiger partial charge on any atom is -0.311 e. The van der Waals surface area contributed by atoms with Crippen molar-refractivity contribution in [3.8, 4) is 22.3 Å². The van der Waals surface area contributed by atoms with Crippen LogP contribution >= 0.6 is 0 Å². The Morgan fingerprint density at radius 1 is 0.156 bits per heavy atom. The van der Waals surface area contributed by atoms with Crippen LogP contribution in [-0.4, -0.2) is 0 Å². The molecule has 0 aromatic heterocycles. The van der Waals surface area contributed by atoms with Crippen molar-refractivity contribution in [2.75, 3.05) is 14.7 Å². The zero-order valence-electron chi connectivity index (χ0n) is 42.3. The van der Waals surface area contributed by atoms with Gasteiger partial charge in [0.05, 0.1) is 10.8 Å². The van der Waals surface area contributed by atoms with E-state index in [1.54, 1.807) is 0 Å². The molecule has 0 atom stereocenters. The lowest BCUT2D eigenvalue weighted by molar-refractivity contribution is 0.633. The molecule has 77 heavy (non-hydrogen) atoms. The molecule has 0 aliphatic heterocycles. The molecule has 0 fully saturated rings. The van der Waals surface area contributed by atoms with Crippen molar-refractivity contribution >= 4 is 51.2 Å². The minimum absolute atomic E-state index is 0.583. The van der Waals surface area contributed by atoms with E-state index in [1.807, 2.05) is 0 Å². The van der Waals surface area contributed by atoms with Gasteiger partial charge in [-0.1, -0.05) is 200 Å². The number of rotatable bonds is 9. The molecule has 15 rings (SSSR count). The molecule has 362 valence electrons. The van der Waals surface area contributed by atoms with Crippen molar-refractivity contribution in [1.29, 1.82) is 0 Å². The zero-order chi connectivity index (χ0) is 50.9. The van der Waals surface area contributed by atoms with Crippen LogP contribution in [0.1, 0.15) is 44.5 Å². The van der Waals surface area contributed by atoms with Gasteiger partial charge >= 0.3 is 0 Å². The monoisotopic (exact) mass is 981 g/mol. The fourth-order valence-electron chi connectivity index (χ4n) is 13.5. The zero-order valence-corrected chi connectivity index (χ0v) is 42.3. The molecule has 0 heterocycles. The van der Waals surface area contributed by atoms with Crippen molar-refractivity contribution in [3.63, 3.8) is 0 Å². The van der Waals surface area contributed by atoms with Gasteiger partial charge in [0.15, 0.2) is 0 Å². The van der Waals surface area contributed by atoms with Crippen LogP contribution in [0.15, 0.2) is 309 Å². The normalized spacial score (nSPS) is 13.4. The standard InChI is InChI=1S/C74H51N3/c1-5-23-52(24-6-1)75(53-25-7-2-8-26-53)56-41-45-58(46-42-56)77(59-47-43-57(44-48-59)76(54-27-9-3-10-28-54)55-29-11-4-12-30-55)60-49-50-71-72(51-60)74(67-37-19-15-33-63(67)64-34-16-20-38-68(64)74)70-40-22-21-39-69(70)73(71)65-35-17-13-31-61(65)62-32-14-18-36-66(62)73/h1-51H. The Balaban J connectivity index is 0.991. The Labute approximate surface area is 450 Å². The molecule has 3 nitrogen and oxygen atoms in total. The molecule has 0 N–H and O–H groups in total. The average molecular weight is 982 g/mol. The summed E-state index contributed by atoms with van der Waals surface area (Å²) in [7, 11) is 0. The van der Waals surface area contributed by atoms with E-state index in [2.05, 4.69) is 324 Å². The van der Waals surface area contributed by atoms with E-state index in [0.717, 1.165) is 51.2 Å². The Morgan fingerprint density at radius 2 is 0.364 bits per heavy atom. The predicted octanol–water partition coefficient (Wildman–Crippen LogP) is 19.1. The van der Waals surface area contributed by atoms with Gasteiger partial charge in [0.2, 0.25) is 0 Å². The average Bonchev–Trinajstić information content (AvgIpc) is 4.20. The van der Waals surface area contributed by atoms with E-state index in [1.165, 1.54) is 66.8 Å². The maximum absolute atomic E-state index is 2.55. The first-order chi connectivity index (χ1) is 38.2. The molecule has 0 amide bonds. The molecular formula is C74H51N3. The van der Waals surface area contributed by atoms with Gasteiger partial charge in [0.1, 0.15) is 0 Å². The van der Waals surface area contributed by atoms with Gasteiger partial charge in [-0.3, -0.25) is 0 Å². The first-order valence-corrected chi connectivity index (χ1v) is 26.7. The summed E-state index contributed by atoms with van der Waals surface area (Å²) in [5, 5.41) is 0. The van der Waals surface area contributed by atoms with Crippen LogP contribution in [-0.2, 0) is 10.8 Å². The Hall–Kier alpha value is -9.96. The summed E-state index contributed by atoms with van der Waals surface area (Å²) < 4.78 is 0. The molecule has 0 saturated carbocycles. The molecule has 0 radical (unpaired) electrons. The molecule has 12 aromatic carbocycles. The van der Waals surface area contributed by atoms with E-state index in [0.29, 0.717) is 0 Å². The van der Waals surface area contributed by atoms with Gasteiger partial charge in [-0.15, -0.1) is 0 Å². The Morgan fingerprint density at radius 3 is 0.675 bits per heavy atom. The lowest BCUT2D eigenvalue weighted by Gasteiger charge is -2.49. The summed E-state index contributed by atoms with van der Waals surface area (Å²) in [6.07, 6.45) is 0. The van der Waals surface area contributed by atoms with Crippen LogP contribution in [0, 0.1) is 0 Å². The minimum atomic E-state index is -0.635. The lowest BCUT2D eigenvalue weighted by Crippen LogP contribution is -2.43. The summed E-state index contributed by atoms with van der Waals surface area (Å²) >= 11 is 0. The topological polar surface area (TPSA) is 9.72 Å². The number of nitrogens with zero attached hydrogens (tertiary/aromatic N) is 3. The van der Waals surface area contributed by atoms with Crippen LogP contribution in [0.3, 0.4) is 0 Å². The van der Waals surface area contributed by atoms with Crippen LogP contribution in [0.2, 0.25) is 0 Å². The van der Waals surface area contributed by atoms with Crippen LogP contribution in [0.25, 0.3) is 22.3 Å². The molecule has 0 bridgehead atoms. The third kappa shape index (κ3) is 6.63. The Kier molecular flexibility index (Phi) is 10.3. The third-order valence-electron chi connectivity index (χ3n) is 16.5. The number of anilines is 9. The second kappa shape index (κ2) is 17.9. The molecule has 3 aliphatic carbocycles. The third-order valence-corrected chi connectivity index (χ3v) is 16.5. The van der Waals surface area contributed by atoms with Gasteiger partial charge < -0.3 is 14.7 Å². The number of hydrogen-bond acceptors (Lipinski definition) is 3. The lowest BCUT2D eigenvalue weighted by atomic mass is 9.52. The van der Waals surface area contributed by atoms with Crippen LogP contribution in [0.5, 0.6) is 0 Å². The molecule has 2 spiro atoms. The van der Waals surface area contributed by atoms with Crippen molar-refractivity contribution in [1.82, 2.24) is 0 Å². The molecule has 0 saturated heterocycles. The van der Waals surface area contributed by atoms with Gasteiger partial charge in [0.25, 0.3) is 0 Å². The number of para-hydroxylation sites is 4. The van der Waals surface area contributed by atoms with Crippen LogP contribution in [0.4, 0.5) is 51.2 Å². The van der Waals surface area contributed by atoms with E-state index < -0.39 is 10.8 Å². The maximum atomic E-state index is 2.55. The van der Waals surface area contributed by atoms with E-state index in [-0.39, 0.29) is 0 Å². The van der Waals surface area contributed by atoms with Gasteiger partial charge in [-0.2, -0.15) is 0 Å². The van der Waals surface area contributed by atoms with Gasteiger partial charge in [-0.05, 0) is 176 Å². The second-order valence-corrected chi connectivity index (χ2v) is 20.3. The second-order valence-electron chi connectivity index (χ2n) is 20.3. The molecule has 12 aromatic rings. The number of fused-ring (bicyclic) bond motifs is 16. The quantitative estimate of drug-likeness (QED) is 0.143. The SMILES string of the molecule is c1ccc(N(c2ccccc2)c2ccc(N(c3ccc(N(c4ccccc4)c4ccccc4)cc3)c3ccc4c(c3)C3(c5ccccc5-c5ccccc53)c3ccccc3C43c4ccccc4-c4ccccc43)cc2)cc1. The Bertz CT molecular complexity index is 3860. The van der Waals surface area contributed by atoms with Crippen molar-refractivity contribution in [2.45, 2.75) is 10.8 Å². The summed E-state index contributed by atoms with van der Waals surface area (Å²) in [6.45, 7) is 0. The fraction of sp³-hybridized carbons (Fsp3) is 0.0270. The summed E-state index contributed by atoms with van der Waals surface area (Å²) in [5.74, 6) is 0. The predicted molar refractivity (Wildman–Crippen MR) is 319 cm³/mol. The molecule has 3 heteroatoms. The molecule has 3 aliphatic rings. The largest absolute Gasteiger partial charge is 0.311 e. The van der Waals surface area contributed by atoms with E-state index in [9.17, 15) is 0 Å². The highest BCUT2D eigenvalue weighted by molar-refractivity contribution is 5.95. The highest BCUT2D eigenvalue weighted by atomic mass is 15.2. The van der Waals surface area contributed by atoms with Crippen molar-refractivity contribution in [2.24, 2.45) is 0 Å².